The molecular formula is C24H23ClN2O3. The molecule has 6 heteroatoms. The topological polar surface area (TPSA) is 56.4 Å². The number of benzene rings is 2. The molecule has 0 bridgehead atoms. The first-order valence-electron chi connectivity index (χ1n) is 9.93. The highest BCUT2D eigenvalue weighted by atomic mass is 35.5. The van der Waals surface area contributed by atoms with Crippen LogP contribution < -0.4 is 15.6 Å². The zero-order valence-electron chi connectivity index (χ0n) is 16.5. The zero-order valence-corrected chi connectivity index (χ0v) is 17.3. The van der Waals surface area contributed by atoms with E-state index in [1.165, 1.54) is 11.6 Å². The third-order valence-electron chi connectivity index (χ3n) is 5.33. The Balaban J connectivity index is 0.00000218. The lowest BCUT2D eigenvalue weighted by Gasteiger charge is -2.09. The summed E-state index contributed by atoms with van der Waals surface area (Å²) in [5.74, 6) is 1.62. The number of aromatic nitrogens is 1. The lowest BCUT2D eigenvalue weighted by Crippen LogP contribution is -2.16. The second-order valence-electron chi connectivity index (χ2n) is 7.31. The van der Waals surface area contributed by atoms with Crippen molar-refractivity contribution in [2.45, 2.75) is 26.0 Å². The molecule has 0 radical (unpaired) electrons. The Morgan fingerprint density at radius 2 is 1.93 bits per heavy atom. The molecule has 0 aliphatic carbocycles. The standard InChI is InChI=1S/C24H22N2O3.ClH/c27-24-14-19(28-16-17-5-2-1-3-6-17)10-12-26(24)18-8-9-23-20(13-18)21-15-25-11-4-7-22(21)29-23;/h1-3,5-6,8-10,12-14,25H,4,7,11,15-16H2;1H. The lowest BCUT2D eigenvalue weighted by molar-refractivity contribution is 0.305. The highest BCUT2D eigenvalue weighted by Crippen LogP contribution is 2.30. The number of pyridine rings is 1. The fourth-order valence-electron chi connectivity index (χ4n) is 3.83. The number of hydrogen-bond donors (Lipinski definition) is 1. The van der Waals surface area contributed by atoms with Crippen molar-refractivity contribution in [1.29, 1.82) is 0 Å². The second kappa shape index (κ2) is 8.78. The van der Waals surface area contributed by atoms with E-state index in [-0.39, 0.29) is 18.0 Å². The zero-order chi connectivity index (χ0) is 19.6. The van der Waals surface area contributed by atoms with Crippen LogP contribution in [0.2, 0.25) is 0 Å². The van der Waals surface area contributed by atoms with Crippen molar-refractivity contribution in [1.82, 2.24) is 9.88 Å². The molecule has 3 heterocycles. The molecule has 5 rings (SSSR count). The quantitative estimate of drug-likeness (QED) is 0.521. The van der Waals surface area contributed by atoms with Crippen LogP contribution in [0.1, 0.15) is 23.3 Å². The maximum atomic E-state index is 12.7. The Kier molecular flexibility index (Phi) is 5.93. The Morgan fingerprint density at radius 1 is 1.07 bits per heavy atom. The van der Waals surface area contributed by atoms with E-state index >= 15 is 0 Å². The number of aryl methyl sites for hydroxylation is 1. The molecule has 2 aromatic carbocycles. The fraction of sp³-hybridized carbons (Fsp3) is 0.208. The molecule has 0 saturated heterocycles. The van der Waals surface area contributed by atoms with E-state index in [9.17, 15) is 4.79 Å². The summed E-state index contributed by atoms with van der Waals surface area (Å²) in [4.78, 5) is 12.7. The van der Waals surface area contributed by atoms with Crippen LogP contribution in [0, 0.1) is 0 Å². The smallest absolute Gasteiger partial charge is 0.258 e. The first kappa shape index (κ1) is 20.3. The Hall–Kier alpha value is -3.02. The summed E-state index contributed by atoms with van der Waals surface area (Å²) in [5.41, 5.74) is 3.84. The van der Waals surface area contributed by atoms with Gasteiger partial charge < -0.3 is 14.5 Å². The minimum absolute atomic E-state index is 0. The number of rotatable bonds is 4. The average molecular weight is 423 g/mol. The molecule has 1 N–H and O–H groups in total. The Labute approximate surface area is 180 Å². The highest BCUT2D eigenvalue weighted by Gasteiger charge is 2.17. The number of nitrogens with zero attached hydrogens (tertiary/aromatic N) is 1. The number of hydrogen-bond acceptors (Lipinski definition) is 4. The summed E-state index contributed by atoms with van der Waals surface area (Å²) in [6, 6.07) is 19.2. The van der Waals surface area contributed by atoms with E-state index in [1.54, 1.807) is 10.8 Å². The van der Waals surface area contributed by atoms with Gasteiger partial charge in [-0.15, -0.1) is 12.4 Å². The molecule has 4 aromatic rings. The van der Waals surface area contributed by atoms with Crippen LogP contribution in [0.25, 0.3) is 16.7 Å². The third kappa shape index (κ3) is 3.99. The number of ether oxygens (including phenoxy) is 1. The van der Waals surface area contributed by atoms with Crippen LogP contribution in [-0.2, 0) is 19.6 Å². The molecule has 0 saturated carbocycles. The summed E-state index contributed by atoms with van der Waals surface area (Å²) in [6.45, 7) is 2.23. The summed E-state index contributed by atoms with van der Waals surface area (Å²) in [6.07, 6.45) is 3.78. The highest BCUT2D eigenvalue weighted by molar-refractivity contribution is 5.85. The van der Waals surface area contributed by atoms with Crippen LogP contribution in [0.15, 0.2) is 76.1 Å². The molecule has 0 unspecified atom stereocenters. The van der Waals surface area contributed by atoms with Gasteiger partial charge in [-0.05, 0) is 42.8 Å². The lowest BCUT2D eigenvalue weighted by atomic mass is 10.1. The van der Waals surface area contributed by atoms with Gasteiger partial charge in [0, 0.05) is 41.9 Å². The van der Waals surface area contributed by atoms with Crippen LogP contribution in [0.5, 0.6) is 5.75 Å². The minimum Gasteiger partial charge on any atom is -0.489 e. The SMILES string of the molecule is Cl.O=c1cc(OCc2ccccc2)ccn1-c1ccc2oc3c(c2c1)CNCCC3. The van der Waals surface area contributed by atoms with Crippen molar-refractivity contribution >= 4 is 23.4 Å². The summed E-state index contributed by atoms with van der Waals surface area (Å²) in [7, 11) is 0. The van der Waals surface area contributed by atoms with Crippen LogP contribution in [0.4, 0.5) is 0 Å². The molecule has 154 valence electrons. The Morgan fingerprint density at radius 3 is 2.77 bits per heavy atom. The van der Waals surface area contributed by atoms with E-state index in [1.807, 2.05) is 54.6 Å². The maximum Gasteiger partial charge on any atom is 0.258 e. The summed E-state index contributed by atoms with van der Waals surface area (Å²) < 4.78 is 13.4. The molecule has 30 heavy (non-hydrogen) atoms. The molecule has 0 amide bonds. The van der Waals surface area contributed by atoms with Gasteiger partial charge in [0.1, 0.15) is 23.7 Å². The maximum absolute atomic E-state index is 12.7. The van der Waals surface area contributed by atoms with Crippen LogP contribution in [0.3, 0.4) is 0 Å². The molecule has 0 spiro atoms. The van der Waals surface area contributed by atoms with Gasteiger partial charge in [-0.3, -0.25) is 9.36 Å². The van der Waals surface area contributed by atoms with Crippen molar-refractivity contribution in [3.8, 4) is 11.4 Å². The van der Waals surface area contributed by atoms with Gasteiger partial charge in [0.05, 0.1) is 0 Å². The first-order chi connectivity index (χ1) is 14.3. The van der Waals surface area contributed by atoms with Gasteiger partial charge in [-0.1, -0.05) is 30.3 Å². The van der Waals surface area contributed by atoms with Crippen LogP contribution in [-0.4, -0.2) is 11.1 Å². The molecule has 1 aliphatic rings. The number of furan rings is 1. The number of fused-ring (bicyclic) bond motifs is 3. The number of nitrogens with one attached hydrogen (secondary N) is 1. The molecule has 0 fully saturated rings. The van der Waals surface area contributed by atoms with E-state index in [4.69, 9.17) is 9.15 Å². The predicted octanol–water partition coefficient (Wildman–Crippen LogP) is 4.62. The molecule has 2 aromatic heterocycles. The van der Waals surface area contributed by atoms with Gasteiger partial charge >= 0.3 is 0 Å². The van der Waals surface area contributed by atoms with Gasteiger partial charge in [-0.2, -0.15) is 0 Å². The average Bonchev–Trinajstić information content (AvgIpc) is 2.93. The molecular weight excluding hydrogens is 400 g/mol. The van der Waals surface area contributed by atoms with Crippen LogP contribution >= 0.6 is 12.4 Å². The minimum atomic E-state index is -0.123. The molecule has 0 atom stereocenters. The van der Waals surface area contributed by atoms with Gasteiger partial charge in [0.15, 0.2) is 0 Å². The van der Waals surface area contributed by atoms with E-state index in [2.05, 4.69) is 5.32 Å². The largest absolute Gasteiger partial charge is 0.489 e. The van der Waals surface area contributed by atoms with Gasteiger partial charge in [-0.25, -0.2) is 0 Å². The Bertz CT molecular complexity index is 1210. The normalized spacial score (nSPS) is 13.3. The van der Waals surface area contributed by atoms with Crippen molar-refractivity contribution < 1.29 is 9.15 Å². The van der Waals surface area contributed by atoms with E-state index in [0.29, 0.717) is 12.4 Å². The van der Waals surface area contributed by atoms with Crippen molar-refractivity contribution in [3.63, 3.8) is 0 Å². The van der Waals surface area contributed by atoms with Crippen molar-refractivity contribution in [3.05, 3.63) is 94.1 Å². The monoisotopic (exact) mass is 422 g/mol. The molecule has 5 nitrogen and oxygen atoms in total. The van der Waals surface area contributed by atoms with Gasteiger partial charge in [0.25, 0.3) is 5.56 Å². The predicted molar refractivity (Wildman–Crippen MR) is 120 cm³/mol. The van der Waals surface area contributed by atoms with Gasteiger partial charge in [0.2, 0.25) is 0 Å². The van der Waals surface area contributed by atoms with Crippen molar-refractivity contribution in [2.75, 3.05) is 6.54 Å². The summed E-state index contributed by atoms with van der Waals surface area (Å²) >= 11 is 0. The van der Waals surface area contributed by atoms with E-state index < -0.39 is 0 Å². The summed E-state index contributed by atoms with van der Waals surface area (Å²) in [5, 5.41) is 4.51. The fourth-order valence-corrected chi connectivity index (χ4v) is 3.83. The van der Waals surface area contributed by atoms with Crippen molar-refractivity contribution in [2.24, 2.45) is 0 Å². The third-order valence-corrected chi connectivity index (χ3v) is 5.33. The first-order valence-corrected chi connectivity index (χ1v) is 9.93. The number of halogens is 1. The second-order valence-corrected chi connectivity index (χ2v) is 7.31. The molecule has 1 aliphatic heterocycles. The van der Waals surface area contributed by atoms with E-state index in [0.717, 1.165) is 53.9 Å².